The first kappa shape index (κ1) is 14.6. The fourth-order valence-corrected chi connectivity index (χ4v) is 3.32. The highest BCUT2D eigenvalue weighted by atomic mass is 32.1. The van der Waals surface area contributed by atoms with E-state index in [1.807, 2.05) is 0 Å². The Morgan fingerprint density at radius 2 is 1.95 bits per heavy atom. The van der Waals surface area contributed by atoms with Crippen molar-refractivity contribution in [2.24, 2.45) is 5.92 Å². The van der Waals surface area contributed by atoms with Gasteiger partial charge in [-0.2, -0.15) is 13.2 Å². The number of hydrogen-bond donors (Lipinski definition) is 1. The molecule has 0 aliphatic heterocycles. The maximum Gasteiger partial charge on any atom is 0.445 e. The van der Waals surface area contributed by atoms with Crippen molar-refractivity contribution in [1.29, 1.82) is 0 Å². The normalized spacial score (nSPS) is 19.4. The van der Waals surface area contributed by atoms with Crippen molar-refractivity contribution >= 4 is 16.5 Å². The number of hydrogen-bond acceptors (Lipinski definition) is 4. The smallest absolute Gasteiger partial charge is 0.357 e. The molecule has 7 heteroatoms. The van der Waals surface area contributed by atoms with Crippen LogP contribution in [0.3, 0.4) is 0 Å². The zero-order valence-corrected chi connectivity index (χ0v) is 11.7. The number of rotatable bonds is 4. The van der Waals surface area contributed by atoms with Crippen LogP contribution in [0.5, 0.6) is 0 Å². The van der Waals surface area contributed by atoms with E-state index in [0.29, 0.717) is 17.3 Å². The summed E-state index contributed by atoms with van der Waals surface area (Å²) >= 11 is 0.589. The van der Waals surface area contributed by atoms with E-state index in [-0.39, 0.29) is 11.2 Å². The van der Waals surface area contributed by atoms with Crippen LogP contribution in [-0.4, -0.2) is 16.2 Å². The highest BCUT2D eigenvalue weighted by Gasteiger charge is 2.36. The third-order valence-electron chi connectivity index (χ3n) is 3.64. The lowest BCUT2D eigenvalue weighted by Crippen LogP contribution is -2.30. The zero-order valence-electron chi connectivity index (χ0n) is 10.8. The van der Waals surface area contributed by atoms with Gasteiger partial charge in [0.15, 0.2) is 0 Å². The molecule has 0 radical (unpaired) electrons. The van der Waals surface area contributed by atoms with Crippen LogP contribution >= 0.6 is 11.3 Å². The van der Waals surface area contributed by atoms with Gasteiger partial charge in [-0.1, -0.05) is 37.5 Å². The molecular weight excluding hydrogens is 275 g/mol. The summed E-state index contributed by atoms with van der Waals surface area (Å²) in [6, 6.07) is 0.203. The zero-order chi connectivity index (χ0) is 13.9. The summed E-state index contributed by atoms with van der Waals surface area (Å²) in [5, 5.41) is 9.34. The second-order valence-electron chi connectivity index (χ2n) is 4.97. The molecule has 1 N–H and O–H groups in total. The average Bonchev–Trinajstić information content (AvgIpc) is 2.85. The lowest BCUT2D eigenvalue weighted by molar-refractivity contribution is -0.138. The molecule has 0 saturated heterocycles. The molecule has 1 saturated carbocycles. The second kappa shape index (κ2) is 6.07. The quantitative estimate of drug-likeness (QED) is 0.898. The molecular formula is C12H18F3N3S. The molecule has 2 rings (SSSR count). The highest BCUT2D eigenvalue weighted by Crippen LogP contribution is 2.35. The molecule has 108 valence electrons. The molecule has 19 heavy (non-hydrogen) atoms. The van der Waals surface area contributed by atoms with Gasteiger partial charge < -0.3 is 5.32 Å². The van der Waals surface area contributed by atoms with E-state index in [1.165, 1.54) is 19.3 Å². The Balaban J connectivity index is 1.99. The summed E-state index contributed by atoms with van der Waals surface area (Å²) in [5.41, 5.74) is 0. The number of halogens is 3. The van der Waals surface area contributed by atoms with E-state index in [4.69, 9.17) is 0 Å². The summed E-state index contributed by atoms with van der Waals surface area (Å²) in [7, 11) is 0. The van der Waals surface area contributed by atoms with Gasteiger partial charge in [-0.3, -0.25) is 0 Å². The topological polar surface area (TPSA) is 37.8 Å². The van der Waals surface area contributed by atoms with Gasteiger partial charge in [0.2, 0.25) is 10.1 Å². The first-order valence-corrected chi connectivity index (χ1v) is 7.49. The Kier molecular flexibility index (Phi) is 4.65. The van der Waals surface area contributed by atoms with Crippen LogP contribution in [0.25, 0.3) is 0 Å². The minimum Gasteiger partial charge on any atom is -0.357 e. The van der Waals surface area contributed by atoms with Crippen LogP contribution in [0.2, 0.25) is 0 Å². The van der Waals surface area contributed by atoms with Gasteiger partial charge in [-0.05, 0) is 25.2 Å². The Morgan fingerprint density at radius 1 is 1.26 bits per heavy atom. The number of nitrogens with one attached hydrogen (secondary N) is 1. The first-order valence-electron chi connectivity index (χ1n) is 6.68. The van der Waals surface area contributed by atoms with Gasteiger partial charge in [-0.25, -0.2) is 0 Å². The van der Waals surface area contributed by atoms with Gasteiger partial charge in [-0.15, -0.1) is 10.2 Å². The maximum absolute atomic E-state index is 12.5. The van der Waals surface area contributed by atoms with Crippen molar-refractivity contribution in [3.63, 3.8) is 0 Å². The Hall–Kier alpha value is -0.850. The molecule has 0 amide bonds. The summed E-state index contributed by atoms with van der Waals surface area (Å²) in [6.07, 6.45) is 2.49. The largest absolute Gasteiger partial charge is 0.445 e. The summed E-state index contributed by atoms with van der Waals surface area (Å²) in [6.45, 7) is 2.05. The number of anilines is 1. The molecule has 0 aromatic carbocycles. The summed E-state index contributed by atoms with van der Waals surface area (Å²) < 4.78 is 37.4. The molecule has 3 nitrogen and oxygen atoms in total. The van der Waals surface area contributed by atoms with Crippen LogP contribution in [0.4, 0.5) is 18.3 Å². The van der Waals surface area contributed by atoms with Gasteiger partial charge in [0.1, 0.15) is 0 Å². The van der Waals surface area contributed by atoms with E-state index >= 15 is 0 Å². The number of alkyl halides is 3. The van der Waals surface area contributed by atoms with Crippen LogP contribution in [0, 0.1) is 5.92 Å². The van der Waals surface area contributed by atoms with Crippen molar-refractivity contribution in [3.8, 4) is 0 Å². The monoisotopic (exact) mass is 293 g/mol. The molecule has 1 fully saturated rings. The van der Waals surface area contributed by atoms with Gasteiger partial charge in [0.25, 0.3) is 0 Å². The van der Waals surface area contributed by atoms with E-state index in [0.717, 1.165) is 19.3 Å². The van der Waals surface area contributed by atoms with Crippen molar-refractivity contribution in [2.45, 2.75) is 57.7 Å². The highest BCUT2D eigenvalue weighted by molar-refractivity contribution is 7.15. The maximum atomic E-state index is 12.5. The van der Waals surface area contributed by atoms with Crippen molar-refractivity contribution in [3.05, 3.63) is 5.01 Å². The summed E-state index contributed by atoms with van der Waals surface area (Å²) in [4.78, 5) is 0. The second-order valence-corrected chi connectivity index (χ2v) is 5.94. The van der Waals surface area contributed by atoms with Gasteiger partial charge in [0.05, 0.1) is 0 Å². The predicted molar refractivity (Wildman–Crippen MR) is 69.2 cm³/mol. The Labute approximate surface area is 114 Å². The lowest BCUT2D eigenvalue weighted by atomic mass is 9.83. The van der Waals surface area contributed by atoms with E-state index < -0.39 is 11.2 Å². The SMILES string of the molecule is CCC(Nc1nnc(C(F)(F)F)s1)C1CCCCC1. The molecule has 1 aromatic rings. The van der Waals surface area contributed by atoms with Crippen LogP contribution < -0.4 is 5.32 Å². The van der Waals surface area contributed by atoms with Crippen LogP contribution in [0.15, 0.2) is 0 Å². The Bertz CT molecular complexity index is 399. The number of nitrogens with zero attached hydrogens (tertiary/aromatic N) is 2. The molecule has 1 aromatic heterocycles. The van der Waals surface area contributed by atoms with E-state index in [9.17, 15) is 13.2 Å². The third-order valence-corrected chi connectivity index (χ3v) is 4.53. The Morgan fingerprint density at radius 3 is 2.47 bits per heavy atom. The van der Waals surface area contributed by atoms with E-state index in [1.54, 1.807) is 0 Å². The lowest BCUT2D eigenvalue weighted by Gasteiger charge is -2.29. The van der Waals surface area contributed by atoms with Gasteiger partial charge in [0, 0.05) is 6.04 Å². The van der Waals surface area contributed by atoms with Gasteiger partial charge >= 0.3 is 6.18 Å². The molecule has 0 bridgehead atoms. The molecule has 1 heterocycles. The van der Waals surface area contributed by atoms with Crippen LogP contribution in [-0.2, 0) is 6.18 Å². The van der Waals surface area contributed by atoms with E-state index in [2.05, 4.69) is 22.4 Å². The van der Waals surface area contributed by atoms with Crippen molar-refractivity contribution in [1.82, 2.24) is 10.2 Å². The minimum absolute atomic E-state index is 0.203. The average molecular weight is 293 g/mol. The minimum atomic E-state index is -4.40. The number of aromatic nitrogens is 2. The molecule has 1 aliphatic rings. The molecule has 1 aliphatic carbocycles. The predicted octanol–water partition coefficient (Wildman–Crippen LogP) is 4.33. The fraction of sp³-hybridized carbons (Fsp3) is 0.833. The molecule has 0 spiro atoms. The first-order chi connectivity index (χ1) is 9.00. The standard InChI is InChI=1S/C12H18F3N3S/c1-2-9(8-6-4-3-5-7-8)16-11-18-17-10(19-11)12(13,14)15/h8-9H,2-7H2,1H3,(H,16,18). The van der Waals surface area contributed by atoms with Crippen molar-refractivity contribution < 1.29 is 13.2 Å². The summed E-state index contributed by atoms with van der Waals surface area (Å²) in [5.74, 6) is 0.539. The fourth-order valence-electron chi connectivity index (χ4n) is 2.64. The van der Waals surface area contributed by atoms with Crippen molar-refractivity contribution in [2.75, 3.05) is 5.32 Å². The molecule has 1 atom stereocenters. The van der Waals surface area contributed by atoms with Crippen LogP contribution in [0.1, 0.15) is 50.5 Å². The molecule has 1 unspecified atom stereocenters. The third kappa shape index (κ3) is 3.81.